The molecule has 0 saturated heterocycles. The van der Waals surface area contributed by atoms with Crippen molar-refractivity contribution in [2.24, 2.45) is 0 Å². The van der Waals surface area contributed by atoms with Gasteiger partial charge in [-0.05, 0) is 36.4 Å². The molecular formula is C16H14O5. The normalized spacial score (nSPS) is 9.90. The maximum Gasteiger partial charge on any atom is 0.338 e. The standard InChI is InChI=1S/C16H14O5/c17-14-8-6-13(7-9-14)16(19)21-11-10-20-15(18)12-4-2-1-3-5-12/h1-9,17H,10-11H2. The van der Waals surface area contributed by atoms with Crippen molar-refractivity contribution < 1.29 is 24.2 Å². The third-order valence-corrected chi connectivity index (χ3v) is 2.66. The average molecular weight is 286 g/mol. The van der Waals surface area contributed by atoms with Crippen molar-refractivity contribution in [3.05, 3.63) is 65.7 Å². The number of phenolic OH excluding ortho intramolecular Hbond substituents is 1. The Bertz CT molecular complexity index is 604. The lowest BCUT2D eigenvalue weighted by molar-refractivity contribution is 0.0265. The zero-order chi connectivity index (χ0) is 15.1. The number of aromatic hydroxyl groups is 1. The van der Waals surface area contributed by atoms with Crippen LogP contribution in [0.5, 0.6) is 5.75 Å². The number of benzene rings is 2. The molecule has 0 saturated carbocycles. The van der Waals surface area contributed by atoms with Crippen LogP contribution in [0.25, 0.3) is 0 Å². The van der Waals surface area contributed by atoms with Gasteiger partial charge in [-0.15, -0.1) is 0 Å². The van der Waals surface area contributed by atoms with Gasteiger partial charge in [0.2, 0.25) is 0 Å². The molecule has 1 N–H and O–H groups in total. The monoisotopic (exact) mass is 286 g/mol. The van der Waals surface area contributed by atoms with Gasteiger partial charge in [0.05, 0.1) is 11.1 Å². The van der Waals surface area contributed by atoms with Crippen molar-refractivity contribution in [1.29, 1.82) is 0 Å². The number of hydrogen-bond acceptors (Lipinski definition) is 5. The molecule has 5 nitrogen and oxygen atoms in total. The summed E-state index contributed by atoms with van der Waals surface area (Å²) < 4.78 is 9.93. The zero-order valence-corrected chi connectivity index (χ0v) is 11.2. The summed E-state index contributed by atoms with van der Waals surface area (Å²) in [6.45, 7) is -0.0458. The maximum atomic E-state index is 11.6. The first kappa shape index (κ1) is 14.6. The number of phenols is 1. The largest absolute Gasteiger partial charge is 0.508 e. The molecule has 0 aliphatic rings. The molecule has 108 valence electrons. The molecular weight excluding hydrogens is 272 g/mol. The lowest BCUT2D eigenvalue weighted by Crippen LogP contribution is -2.14. The molecule has 2 aromatic carbocycles. The minimum Gasteiger partial charge on any atom is -0.508 e. The first-order chi connectivity index (χ1) is 10.2. The van der Waals surface area contributed by atoms with Crippen molar-refractivity contribution in [3.63, 3.8) is 0 Å². The van der Waals surface area contributed by atoms with Crippen molar-refractivity contribution in [1.82, 2.24) is 0 Å². The Morgan fingerprint density at radius 1 is 0.762 bits per heavy atom. The fraction of sp³-hybridized carbons (Fsp3) is 0.125. The van der Waals surface area contributed by atoms with Crippen molar-refractivity contribution in [2.45, 2.75) is 0 Å². The van der Waals surface area contributed by atoms with E-state index >= 15 is 0 Å². The summed E-state index contributed by atoms with van der Waals surface area (Å²) in [7, 11) is 0. The van der Waals surface area contributed by atoms with Gasteiger partial charge in [0, 0.05) is 0 Å². The first-order valence-electron chi connectivity index (χ1n) is 6.35. The van der Waals surface area contributed by atoms with Crippen LogP contribution in [0.4, 0.5) is 0 Å². The van der Waals surface area contributed by atoms with Crippen LogP contribution in [0, 0.1) is 0 Å². The highest BCUT2D eigenvalue weighted by molar-refractivity contribution is 5.90. The highest BCUT2D eigenvalue weighted by Crippen LogP contribution is 2.10. The molecule has 0 aliphatic heterocycles. The molecule has 0 radical (unpaired) electrons. The van der Waals surface area contributed by atoms with E-state index in [4.69, 9.17) is 14.6 Å². The van der Waals surface area contributed by atoms with Crippen LogP contribution in [0.3, 0.4) is 0 Å². The van der Waals surface area contributed by atoms with Crippen LogP contribution in [-0.2, 0) is 9.47 Å². The summed E-state index contributed by atoms with van der Waals surface area (Å²) in [6, 6.07) is 14.3. The van der Waals surface area contributed by atoms with Gasteiger partial charge in [-0.2, -0.15) is 0 Å². The minimum atomic E-state index is -0.536. The van der Waals surface area contributed by atoms with Crippen molar-refractivity contribution in [3.8, 4) is 5.75 Å². The van der Waals surface area contributed by atoms with E-state index in [-0.39, 0.29) is 19.0 Å². The molecule has 0 heterocycles. The molecule has 21 heavy (non-hydrogen) atoms. The lowest BCUT2D eigenvalue weighted by atomic mass is 10.2. The first-order valence-corrected chi connectivity index (χ1v) is 6.35. The molecule has 0 atom stereocenters. The Kier molecular flexibility index (Phi) is 4.93. The molecule has 0 aromatic heterocycles. The quantitative estimate of drug-likeness (QED) is 0.675. The Morgan fingerprint density at radius 3 is 1.76 bits per heavy atom. The fourth-order valence-corrected chi connectivity index (χ4v) is 1.61. The van der Waals surface area contributed by atoms with Crippen molar-refractivity contribution in [2.75, 3.05) is 13.2 Å². The Morgan fingerprint density at radius 2 is 1.24 bits per heavy atom. The summed E-state index contributed by atoms with van der Waals surface area (Å²) in [6.07, 6.45) is 0. The molecule has 0 fully saturated rings. The molecule has 0 amide bonds. The van der Waals surface area contributed by atoms with Gasteiger partial charge in [0.1, 0.15) is 19.0 Å². The van der Waals surface area contributed by atoms with Crippen LogP contribution in [-0.4, -0.2) is 30.3 Å². The third kappa shape index (κ3) is 4.35. The summed E-state index contributed by atoms with van der Waals surface area (Å²) in [5, 5.41) is 9.11. The van der Waals surface area contributed by atoms with E-state index in [1.165, 1.54) is 24.3 Å². The van der Waals surface area contributed by atoms with E-state index in [9.17, 15) is 9.59 Å². The molecule has 0 bridgehead atoms. The van der Waals surface area contributed by atoms with Crippen LogP contribution < -0.4 is 0 Å². The van der Waals surface area contributed by atoms with Gasteiger partial charge in [-0.25, -0.2) is 9.59 Å². The van der Waals surface area contributed by atoms with Gasteiger partial charge in [-0.1, -0.05) is 18.2 Å². The maximum absolute atomic E-state index is 11.6. The van der Waals surface area contributed by atoms with E-state index in [0.29, 0.717) is 11.1 Å². The molecule has 0 unspecified atom stereocenters. The number of ether oxygens (including phenoxy) is 2. The van der Waals surface area contributed by atoms with E-state index in [1.54, 1.807) is 30.3 Å². The second kappa shape index (κ2) is 7.09. The van der Waals surface area contributed by atoms with Crippen molar-refractivity contribution >= 4 is 11.9 Å². The predicted molar refractivity (Wildman–Crippen MR) is 75.1 cm³/mol. The predicted octanol–water partition coefficient (Wildman–Crippen LogP) is 2.41. The highest BCUT2D eigenvalue weighted by atomic mass is 16.6. The fourth-order valence-electron chi connectivity index (χ4n) is 1.61. The summed E-state index contributed by atoms with van der Waals surface area (Å²) in [5.74, 6) is -0.926. The van der Waals surface area contributed by atoms with Gasteiger partial charge < -0.3 is 14.6 Å². The summed E-state index contributed by atoms with van der Waals surface area (Å²) in [5.41, 5.74) is 0.768. The lowest BCUT2D eigenvalue weighted by Gasteiger charge is -2.06. The van der Waals surface area contributed by atoms with E-state index in [1.807, 2.05) is 0 Å². The van der Waals surface area contributed by atoms with Gasteiger partial charge in [0.15, 0.2) is 0 Å². The second-order valence-electron chi connectivity index (χ2n) is 4.18. The Balaban J connectivity index is 1.73. The number of hydrogen-bond donors (Lipinski definition) is 1. The highest BCUT2D eigenvalue weighted by Gasteiger charge is 2.09. The molecule has 2 aromatic rings. The van der Waals surface area contributed by atoms with Crippen LogP contribution in [0.2, 0.25) is 0 Å². The Hall–Kier alpha value is -2.82. The number of rotatable bonds is 5. The van der Waals surface area contributed by atoms with E-state index in [0.717, 1.165) is 0 Å². The number of esters is 2. The average Bonchev–Trinajstić information content (AvgIpc) is 2.52. The molecule has 0 spiro atoms. The summed E-state index contributed by atoms with van der Waals surface area (Å²) in [4.78, 5) is 23.2. The van der Waals surface area contributed by atoms with Crippen LogP contribution >= 0.6 is 0 Å². The smallest absolute Gasteiger partial charge is 0.338 e. The molecule has 5 heteroatoms. The van der Waals surface area contributed by atoms with Gasteiger partial charge >= 0.3 is 11.9 Å². The molecule has 0 aliphatic carbocycles. The zero-order valence-electron chi connectivity index (χ0n) is 11.2. The van der Waals surface area contributed by atoms with E-state index < -0.39 is 11.9 Å². The third-order valence-electron chi connectivity index (χ3n) is 2.66. The topological polar surface area (TPSA) is 72.8 Å². The van der Waals surface area contributed by atoms with Crippen LogP contribution in [0.15, 0.2) is 54.6 Å². The number of carbonyl (C=O) groups excluding carboxylic acids is 2. The van der Waals surface area contributed by atoms with Gasteiger partial charge in [-0.3, -0.25) is 0 Å². The van der Waals surface area contributed by atoms with E-state index in [2.05, 4.69) is 0 Å². The SMILES string of the molecule is O=C(OCCOC(=O)c1ccc(O)cc1)c1ccccc1. The Labute approximate surface area is 121 Å². The van der Waals surface area contributed by atoms with Crippen LogP contribution in [0.1, 0.15) is 20.7 Å². The second-order valence-corrected chi connectivity index (χ2v) is 4.18. The molecule has 2 rings (SSSR count). The number of carbonyl (C=O) groups is 2. The summed E-state index contributed by atoms with van der Waals surface area (Å²) >= 11 is 0. The van der Waals surface area contributed by atoms with Gasteiger partial charge in [0.25, 0.3) is 0 Å². The minimum absolute atomic E-state index is 0.0163.